The van der Waals surface area contributed by atoms with Crippen LogP contribution in [-0.4, -0.2) is 12.2 Å². The van der Waals surface area contributed by atoms with Crippen molar-refractivity contribution in [3.05, 3.63) is 64.5 Å². The minimum Gasteiger partial charge on any atom is -0.497 e. The predicted molar refractivity (Wildman–Crippen MR) is 77.5 cm³/mol. The predicted octanol–water partition coefficient (Wildman–Crippen LogP) is 3.73. The number of rotatable bonds is 4. The normalized spacial score (nSPS) is 12.2. The van der Waals surface area contributed by atoms with E-state index in [1.54, 1.807) is 12.1 Å². The van der Waals surface area contributed by atoms with Gasteiger partial charge in [-0.15, -0.1) is 0 Å². The van der Waals surface area contributed by atoms with Gasteiger partial charge >= 0.3 is 0 Å². The Morgan fingerprint density at radius 3 is 2.45 bits per heavy atom. The summed E-state index contributed by atoms with van der Waals surface area (Å²) in [4.78, 5) is 0. The second-order valence-corrected chi connectivity index (χ2v) is 5.03. The maximum absolute atomic E-state index is 13.9. The van der Waals surface area contributed by atoms with Crippen LogP contribution in [0, 0.1) is 19.7 Å². The molecule has 0 fully saturated rings. The van der Waals surface area contributed by atoms with Crippen LogP contribution in [0.3, 0.4) is 0 Å². The molecule has 1 unspecified atom stereocenters. The Balaban J connectivity index is 2.19. The highest BCUT2D eigenvalue weighted by Gasteiger charge is 2.14. The molecule has 2 aromatic rings. The molecule has 0 radical (unpaired) electrons. The van der Waals surface area contributed by atoms with Crippen molar-refractivity contribution in [1.82, 2.24) is 0 Å². The number of aliphatic hydroxyl groups is 1. The summed E-state index contributed by atoms with van der Waals surface area (Å²) in [6, 6.07) is 10.5. The maximum Gasteiger partial charge on any atom is 0.132 e. The first-order valence-electron chi connectivity index (χ1n) is 6.59. The molecule has 1 N–H and O–H groups in total. The molecule has 106 valence electrons. The number of methoxy groups -OCH3 is 1. The van der Waals surface area contributed by atoms with Gasteiger partial charge in [-0.25, -0.2) is 4.39 Å². The van der Waals surface area contributed by atoms with E-state index >= 15 is 0 Å². The van der Waals surface area contributed by atoms with E-state index in [1.807, 2.05) is 32.0 Å². The average molecular weight is 274 g/mol. The molecule has 3 heteroatoms. The Morgan fingerprint density at radius 1 is 1.10 bits per heavy atom. The van der Waals surface area contributed by atoms with E-state index in [9.17, 15) is 9.50 Å². The van der Waals surface area contributed by atoms with Gasteiger partial charge in [-0.3, -0.25) is 0 Å². The summed E-state index contributed by atoms with van der Waals surface area (Å²) in [7, 11) is 1.49. The molecule has 0 saturated carbocycles. The quantitative estimate of drug-likeness (QED) is 0.920. The van der Waals surface area contributed by atoms with E-state index in [0.29, 0.717) is 17.7 Å². The Morgan fingerprint density at radius 2 is 1.85 bits per heavy atom. The van der Waals surface area contributed by atoms with Gasteiger partial charge in [0.15, 0.2) is 0 Å². The van der Waals surface area contributed by atoms with Crippen LogP contribution in [-0.2, 0) is 6.42 Å². The summed E-state index contributed by atoms with van der Waals surface area (Å²) < 4.78 is 18.8. The first-order valence-corrected chi connectivity index (χ1v) is 6.59. The second-order valence-electron chi connectivity index (χ2n) is 5.03. The van der Waals surface area contributed by atoms with Crippen LogP contribution in [0.15, 0.2) is 36.4 Å². The third kappa shape index (κ3) is 3.17. The molecule has 2 rings (SSSR count). The van der Waals surface area contributed by atoms with E-state index in [0.717, 1.165) is 5.56 Å². The molecule has 0 aliphatic rings. The number of ether oxygens (including phenoxy) is 1. The van der Waals surface area contributed by atoms with Crippen molar-refractivity contribution in [3.63, 3.8) is 0 Å². The number of halogens is 1. The lowest BCUT2D eigenvalue weighted by Crippen LogP contribution is -2.05. The molecule has 0 heterocycles. The summed E-state index contributed by atoms with van der Waals surface area (Å²) in [5.41, 5.74) is 3.67. The molecule has 0 amide bonds. The highest BCUT2D eigenvalue weighted by atomic mass is 19.1. The highest BCUT2D eigenvalue weighted by Crippen LogP contribution is 2.25. The van der Waals surface area contributed by atoms with Crippen LogP contribution in [0.4, 0.5) is 4.39 Å². The van der Waals surface area contributed by atoms with E-state index in [1.165, 1.54) is 24.3 Å². The van der Waals surface area contributed by atoms with Gasteiger partial charge in [-0.2, -0.15) is 0 Å². The molecule has 0 spiro atoms. The highest BCUT2D eigenvalue weighted by molar-refractivity contribution is 5.33. The molecule has 2 nitrogen and oxygen atoms in total. The molecule has 20 heavy (non-hydrogen) atoms. The van der Waals surface area contributed by atoms with Crippen molar-refractivity contribution in [1.29, 1.82) is 0 Å². The number of aliphatic hydroxyl groups excluding tert-OH is 1. The van der Waals surface area contributed by atoms with Crippen LogP contribution in [0.5, 0.6) is 5.75 Å². The Kier molecular flexibility index (Phi) is 4.40. The summed E-state index contributed by atoms with van der Waals surface area (Å²) in [5, 5.41) is 10.2. The minimum absolute atomic E-state index is 0.295. The first-order chi connectivity index (χ1) is 9.51. The largest absolute Gasteiger partial charge is 0.497 e. The summed E-state index contributed by atoms with van der Waals surface area (Å²) in [5.74, 6) is 0.00492. The lowest BCUT2D eigenvalue weighted by molar-refractivity contribution is 0.173. The molecule has 0 bridgehead atoms. The van der Waals surface area contributed by atoms with Gasteiger partial charge < -0.3 is 9.84 Å². The maximum atomic E-state index is 13.9. The van der Waals surface area contributed by atoms with Crippen LogP contribution in [0.2, 0.25) is 0 Å². The molecular formula is C17H19FO2. The molecule has 0 aliphatic carbocycles. The van der Waals surface area contributed by atoms with Crippen molar-refractivity contribution in [2.75, 3.05) is 7.11 Å². The van der Waals surface area contributed by atoms with Crippen molar-refractivity contribution in [2.24, 2.45) is 0 Å². The zero-order valence-corrected chi connectivity index (χ0v) is 12.0. The third-order valence-electron chi connectivity index (χ3n) is 3.57. The fourth-order valence-electron chi connectivity index (χ4n) is 2.17. The minimum atomic E-state index is -0.858. The SMILES string of the molecule is COc1ccc(C(O)Cc2ccc(C)c(C)c2)c(F)c1. The van der Waals surface area contributed by atoms with E-state index in [2.05, 4.69) is 0 Å². The summed E-state index contributed by atoms with van der Waals surface area (Å²) in [6.07, 6.45) is -0.465. The van der Waals surface area contributed by atoms with Crippen LogP contribution < -0.4 is 4.74 Å². The monoisotopic (exact) mass is 274 g/mol. The zero-order valence-electron chi connectivity index (χ0n) is 12.0. The average Bonchev–Trinajstić information content (AvgIpc) is 2.42. The van der Waals surface area contributed by atoms with Gasteiger partial charge in [0.05, 0.1) is 13.2 Å². The molecule has 0 saturated heterocycles. The number of hydrogen-bond donors (Lipinski definition) is 1. The van der Waals surface area contributed by atoms with Gasteiger partial charge in [-0.05, 0) is 42.7 Å². The third-order valence-corrected chi connectivity index (χ3v) is 3.57. The van der Waals surface area contributed by atoms with Crippen LogP contribution in [0.25, 0.3) is 0 Å². The van der Waals surface area contributed by atoms with E-state index in [4.69, 9.17) is 4.74 Å². The van der Waals surface area contributed by atoms with Gasteiger partial charge in [0.2, 0.25) is 0 Å². The zero-order chi connectivity index (χ0) is 14.7. The molecule has 2 aromatic carbocycles. The fourth-order valence-corrected chi connectivity index (χ4v) is 2.17. The number of aryl methyl sites for hydroxylation is 2. The van der Waals surface area contributed by atoms with Crippen molar-refractivity contribution in [2.45, 2.75) is 26.4 Å². The van der Waals surface area contributed by atoms with E-state index < -0.39 is 11.9 Å². The van der Waals surface area contributed by atoms with Gasteiger partial charge in [0.25, 0.3) is 0 Å². The summed E-state index contributed by atoms with van der Waals surface area (Å²) >= 11 is 0. The van der Waals surface area contributed by atoms with Gasteiger partial charge in [0.1, 0.15) is 11.6 Å². The Hall–Kier alpha value is -1.87. The van der Waals surface area contributed by atoms with Crippen molar-refractivity contribution >= 4 is 0 Å². The standard InChI is InChI=1S/C17H19FO2/c1-11-4-5-13(8-12(11)2)9-17(19)15-7-6-14(20-3)10-16(15)18/h4-8,10,17,19H,9H2,1-3H3. The molecule has 1 atom stereocenters. The second kappa shape index (κ2) is 6.06. The molecule has 0 aromatic heterocycles. The smallest absolute Gasteiger partial charge is 0.132 e. The van der Waals surface area contributed by atoms with Gasteiger partial charge in [0, 0.05) is 18.1 Å². The van der Waals surface area contributed by atoms with Crippen LogP contribution >= 0.6 is 0 Å². The van der Waals surface area contributed by atoms with E-state index in [-0.39, 0.29) is 0 Å². The first kappa shape index (κ1) is 14.5. The Bertz CT molecular complexity index is 608. The molecular weight excluding hydrogens is 255 g/mol. The Labute approximate surface area is 118 Å². The fraction of sp³-hybridized carbons (Fsp3) is 0.294. The molecule has 0 aliphatic heterocycles. The lowest BCUT2D eigenvalue weighted by Gasteiger charge is -2.14. The summed E-state index contributed by atoms with van der Waals surface area (Å²) in [6.45, 7) is 4.07. The van der Waals surface area contributed by atoms with Gasteiger partial charge in [-0.1, -0.05) is 18.2 Å². The van der Waals surface area contributed by atoms with Crippen LogP contribution in [0.1, 0.15) is 28.4 Å². The van der Waals surface area contributed by atoms with Crippen molar-refractivity contribution < 1.29 is 14.2 Å². The topological polar surface area (TPSA) is 29.5 Å². The lowest BCUT2D eigenvalue weighted by atomic mass is 9.98. The number of hydrogen-bond acceptors (Lipinski definition) is 2. The number of benzene rings is 2. The van der Waals surface area contributed by atoms with Crippen molar-refractivity contribution in [3.8, 4) is 5.75 Å².